The van der Waals surface area contributed by atoms with Crippen molar-refractivity contribution in [1.82, 2.24) is 0 Å². The van der Waals surface area contributed by atoms with Crippen LogP contribution in [0.2, 0.25) is 0 Å². The van der Waals surface area contributed by atoms with Crippen LogP contribution in [-0.4, -0.2) is 0 Å². The van der Waals surface area contributed by atoms with Crippen LogP contribution in [0.4, 0.5) is 0 Å². The lowest BCUT2D eigenvalue weighted by molar-refractivity contribution is 0.604. The molecular formula is C13H16O. The second-order valence-electron chi connectivity index (χ2n) is 4.25. The molecule has 0 fully saturated rings. The average molecular weight is 188 g/mol. The number of furan rings is 1. The molecule has 0 aliphatic rings. The van der Waals surface area contributed by atoms with Gasteiger partial charge in [0.1, 0.15) is 5.58 Å². The van der Waals surface area contributed by atoms with Gasteiger partial charge in [0, 0.05) is 5.39 Å². The summed E-state index contributed by atoms with van der Waals surface area (Å²) in [6.07, 6.45) is 1.85. The molecule has 1 aromatic heterocycles. The van der Waals surface area contributed by atoms with Gasteiger partial charge in [-0.05, 0) is 36.5 Å². The summed E-state index contributed by atoms with van der Waals surface area (Å²) < 4.78 is 5.62. The number of hydrogen-bond donors (Lipinski definition) is 0. The third kappa shape index (κ3) is 1.24. The van der Waals surface area contributed by atoms with E-state index in [2.05, 4.69) is 39.8 Å². The van der Waals surface area contributed by atoms with E-state index in [1.807, 2.05) is 6.26 Å². The van der Waals surface area contributed by atoms with Crippen LogP contribution in [0.15, 0.2) is 22.8 Å². The number of benzene rings is 1. The largest absolute Gasteiger partial charge is 0.464 e. The molecule has 1 heteroatoms. The quantitative estimate of drug-likeness (QED) is 0.654. The monoisotopic (exact) mass is 188 g/mol. The highest BCUT2D eigenvalue weighted by Crippen LogP contribution is 2.31. The van der Waals surface area contributed by atoms with Crippen LogP contribution in [0.25, 0.3) is 11.0 Å². The van der Waals surface area contributed by atoms with Crippen molar-refractivity contribution >= 4 is 11.0 Å². The first-order chi connectivity index (χ1) is 6.61. The zero-order chi connectivity index (χ0) is 10.3. The lowest BCUT2D eigenvalue weighted by Gasteiger charge is -2.07. The summed E-state index contributed by atoms with van der Waals surface area (Å²) in [5.74, 6) is 0.517. The number of rotatable bonds is 1. The molecule has 1 aromatic carbocycles. The zero-order valence-electron chi connectivity index (χ0n) is 9.22. The minimum absolute atomic E-state index is 0.517. The summed E-state index contributed by atoms with van der Waals surface area (Å²) >= 11 is 0. The fourth-order valence-electron chi connectivity index (χ4n) is 1.98. The normalized spacial score (nSPS) is 11.5. The summed E-state index contributed by atoms with van der Waals surface area (Å²) in [4.78, 5) is 0. The Labute approximate surface area is 84.7 Å². The van der Waals surface area contributed by atoms with Gasteiger partial charge in [0.15, 0.2) is 0 Å². The SMILES string of the molecule is Cc1ccc(C(C)C)c2occ(C)c12. The van der Waals surface area contributed by atoms with Gasteiger partial charge in [-0.1, -0.05) is 26.0 Å². The number of aryl methyl sites for hydroxylation is 2. The van der Waals surface area contributed by atoms with E-state index >= 15 is 0 Å². The van der Waals surface area contributed by atoms with Gasteiger partial charge in [0.25, 0.3) is 0 Å². The number of fused-ring (bicyclic) bond motifs is 1. The third-order valence-electron chi connectivity index (χ3n) is 2.77. The van der Waals surface area contributed by atoms with E-state index in [1.165, 1.54) is 22.1 Å². The Morgan fingerprint density at radius 2 is 1.79 bits per heavy atom. The minimum Gasteiger partial charge on any atom is -0.464 e. The lowest BCUT2D eigenvalue weighted by atomic mass is 9.97. The molecule has 0 radical (unpaired) electrons. The van der Waals surface area contributed by atoms with Gasteiger partial charge in [0.2, 0.25) is 0 Å². The van der Waals surface area contributed by atoms with E-state index in [1.54, 1.807) is 0 Å². The van der Waals surface area contributed by atoms with Gasteiger partial charge in [-0.2, -0.15) is 0 Å². The van der Waals surface area contributed by atoms with Gasteiger partial charge in [-0.25, -0.2) is 0 Å². The maximum Gasteiger partial charge on any atom is 0.137 e. The average Bonchev–Trinajstić information content (AvgIpc) is 2.49. The van der Waals surface area contributed by atoms with Gasteiger partial charge in [0.05, 0.1) is 6.26 Å². The van der Waals surface area contributed by atoms with E-state index in [0.717, 1.165) is 5.58 Å². The van der Waals surface area contributed by atoms with Crippen molar-refractivity contribution in [2.45, 2.75) is 33.6 Å². The Kier molecular flexibility index (Phi) is 2.10. The summed E-state index contributed by atoms with van der Waals surface area (Å²) in [6.45, 7) is 8.63. The summed E-state index contributed by atoms with van der Waals surface area (Å²) in [5, 5.41) is 1.29. The van der Waals surface area contributed by atoms with Crippen LogP contribution in [0.5, 0.6) is 0 Å². The fourth-order valence-corrected chi connectivity index (χ4v) is 1.98. The van der Waals surface area contributed by atoms with Crippen molar-refractivity contribution in [3.8, 4) is 0 Å². The van der Waals surface area contributed by atoms with E-state index in [-0.39, 0.29) is 0 Å². The molecule has 0 bridgehead atoms. The van der Waals surface area contributed by atoms with Gasteiger partial charge in [-0.3, -0.25) is 0 Å². The molecule has 0 amide bonds. The maximum atomic E-state index is 5.62. The third-order valence-corrected chi connectivity index (χ3v) is 2.77. The van der Waals surface area contributed by atoms with Crippen molar-refractivity contribution in [3.05, 3.63) is 35.1 Å². The Hall–Kier alpha value is -1.24. The molecule has 2 rings (SSSR count). The molecule has 0 spiro atoms. The summed E-state index contributed by atoms with van der Waals surface area (Å²) in [6, 6.07) is 4.35. The lowest BCUT2D eigenvalue weighted by Crippen LogP contribution is -1.89. The molecule has 1 nitrogen and oxygen atoms in total. The van der Waals surface area contributed by atoms with Crippen LogP contribution >= 0.6 is 0 Å². The topological polar surface area (TPSA) is 13.1 Å². The Bertz CT molecular complexity index is 463. The molecule has 0 N–H and O–H groups in total. The van der Waals surface area contributed by atoms with Crippen molar-refractivity contribution in [3.63, 3.8) is 0 Å². The molecule has 0 saturated heterocycles. The van der Waals surface area contributed by atoms with E-state index in [9.17, 15) is 0 Å². The van der Waals surface area contributed by atoms with Crippen LogP contribution in [0.3, 0.4) is 0 Å². The molecule has 0 saturated carbocycles. The molecule has 14 heavy (non-hydrogen) atoms. The second kappa shape index (κ2) is 3.16. The molecule has 0 unspecified atom stereocenters. The summed E-state index contributed by atoms with van der Waals surface area (Å²) in [5.41, 5.74) is 4.91. The molecule has 2 aromatic rings. The van der Waals surface area contributed by atoms with Crippen molar-refractivity contribution in [2.24, 2.45) is 0 Å². The first kappa shape index (κ1) is 9.32. The Morgan fingerprint density at radius 1 is 1.07 bits per heavy atom. The van der Waals surface area contributed by atoms with Crippen LogP contribution in [-0.2, 0) is 0 Å². The highest BCUT2D eigenvalue weighted by Gasteiger charge is 2.11. The molecule has 0 aliphatic heterocycles. The van der Waals surface area contributed by atoms with Gasteiger partial charge in [-0.15, -0.1) is 0 Å². The molecule has 74 valence electrons. The first-order valence-electron chi connectivity index (χ1n) is 5.08. The fraction of sp³-hybridized carbons (Fsp3) is 0.385. The van der Waals surface area contributed by atoms with Gasteiger partial charge >= 0.3 is 0 Å². The molecular weight excluding hydrogens is 172 g/mol. The standard InChI is InChI=1S/C13H16O/c1-8(2)11-6-5-9(3)12-10(4)7-14-13(11)12/h5-8H,1-4H3. The second-order valence-corrected chi connectivity index (χ2v) is 4.25. The van der Waals surface area contributed by atoms with Gasteiger partial charge < -0.3 is 4.42 Å². The number of hydrogen-bond acceptors (Lipinski definition) is 1. The first-order valence-corrected chi connectivity index (χ1v) is 5.08. The summed E-state index contributed by atoms with van der Waals surface area (Å²) in [7, 11) is 0. The van der Waals surface area contributed by atoms with Crippen molar-refractivity contribution < 1.29 is 4.42 Å². The Morgan fingerprint density at radius 3 is 2.43 bits per heavy atom. The highest BCUT2D eigenvalue weighted by molar-refractivity contribution is 5.87. The maximum absolute atomic E-state index is 5.62. The van der Waals surface area contributed by atoms with Crippen LogP contribution < -0.4 is 0 Å². The van der Waals surface area contributed by atoms with Crippen LogP contribution in [0.1, 0.15) is 36.5 Å². The molecule has 0 aliphatic carbocycles. The van der Waals surface area contributed by atoms with Crippen molar-refractivity contribution in [1.29, 1.82) is 0 Å². The van der Waals surface area contributed by atoms with Crippen LogP contribution in [0, 0.1) is 13.8 Å². The predicted octanol–water partition coefficient (Wildman–Crippen LogP) is 4.17. The predicted molar refractivity (Wildman–Crippen MR) is 59.8 cm³/mol. The smallest absolute Gasteiger partial charge is 0.137 e. The zero-order valence-corrected chi connectivity index (χ0v) is 9.22. The molecule has 1 heterocycles. The van der Waals surface area contributed by atoms with E-state index in [0.29, 0.717) is 5.92 Å². The molecule has 0 atom stereocenters. The highest BCUT2D eigenvalue weighted by atomic mass is 16.3. The minimum atomic E-state index is 0.517. The Balaban J connectivity index is 2.83. The van der Waals surface area contributed by atoms with E-state index < -0.39 is 0 Å². The van der Waals surface area contributed by atoms with Crippen molar-refractivity contribution in [2.75, 3.05) is 0 Å². The van der Waals surface area contributed by atoms with E-state index in [4.69, 9.17) is 4.42 Å².